The molecular formula is C35H36BrN3O5. The maximum Gasteiger partial charge on any atom is 0.264 e. The largest absolute Gasteiger partial charge is 0.394 e. The number of nitrogens with zero attached hydrogens (tertiary/aromatic N) is 3. The molecule has 0 saturated carbocycles. The van der Waals surface area contributed by atoms with E-state index >= 15 is 0 Å². The Bertz CT molecular complexity index is 1620. The molecule has 3 amide bonds. The first-order valence-electron chi connectivity index (χ1n) is 15.1. The van der Waals surface area contributed by atoms with E-state index in [1.54, 1.807) is 39.8 Å². The molecule has 0 aliphatic carbocycles. The van der Waals surface area contributed by atoms with Crippen LogP contribution in [0.3, 0.4) is 0 Å². The normalized spacial score (nSPS) is 22.1. The molecule has 1 fully saturated rings. The third-order valence-electron chi connectivity index (χ3n) is 9.16. The van der Waals surface area contributed by atoms with E-state index < -0.39 is 17.4 Å². The van der Waals surface area contributed by atoms with Gasteiger partial charge < -0.3 is 24.9 Å². The van der Waals surface area contributed by atoms with Crippen molar-refractivity contribution in [2.75, 3.05) is 23.0 Å². The number of amides is 3. The van der Waals surface area contributed by atoms with Gasteiger partial charge in [-0.15, -0.1) is 0 Å². The molecule has 0 spiro atoms. The Morgan fingerprint density at radius 3 is 2.55 bits per heavy atom. The second-order valence-corrected chi connectivity index (χ2v) is 12.8. The Kier molecular flexibility index (Phi) is 8.46. The van der Waals surface area contributed by atoms with Crippen LogP contribution in [0.1, 0.15) is 48.4 Å². The molecule has 0 aromatic heterocycles. The number of aliphatic hydroxyl groups excluding tert-OH is 1. The minimum atomic E-state index is -1.82. The molecule has 0 radical (unpaired) electrons. The van der Waals surface area contributed by atoms with Crippen molar-refractivity contribution in [1.82, 2.24) is 4.90 Å². The van der Waals surface area contributed by atoms with E-state index in [0.29, 0.717) is 37.2 Å². The molecule has 44 heavy (non-hydrogen) atoms. The molecule has 3 aliphatic heterocycles. The summed E-state index contributed by atoms with van der Waals surface area (Å²) in [5.41, 5.74) is 3.27. The first kappa shape index (κ1) is 30.2. The molecule has 3 atom stereocenters. The van der Waals surface area contributed by atoms with Crippen LogP contribution in [0, 0.1) is 5.92 Å². The Morgan fingerprint density at radius 2 is 1.84 bits per heavy atom. The average molecular weight is 659 g/mol. The highest BCUT2D eigenvalue weighted by molar-refractivity contribution is 9.10. The fraction of sp³-hybridized carbons (Fsp3) is 0.343. The van der Waals surface area contributed by atoms with Gasteiger partial charge in [-0.05, 0) is 59.9 Å². The first-order valence-corrected chi connectivity index (χ1v) is 15.9. The number of carbonyl (C=O) groups is 3. The monoisotopic (exact) mass is 657 g/mol. The molecule has 3 heterocycles. The molecule has 228 valence electrons. The zero-order valence-corrected chi connectivity index (χ0v) is 26.2. The standard InChI is InChI=1S/C35H36BrN3O5/c1-23(6-4-9-33(42)38-21-26-8-3-2-7-25(26)18-29(38)22-40)35(44)30-19-27(36)13-16-31(30)39(34(35)43)20-24-11-14-28(15-12-24)37-17-5-10-32(37)41/h2-4,6-8,11-16,19,23,29,40,44H,5,9-10,17-18,20-22H2,1H3/b6-4+/t23-,29-,35+/m0/s1. The SMILES string of the molecule is C[C@@H](/C=C/CC(=O)N1Cc2ccccc2C[C@H]1CO)[C@]1(O)C(=O)N(Cc2ccc(N3CCCC3=O)cc2)c2ccc(Br)cc21. The second kappa shape index (κ2) is 12.3. The van der Waals surface area contributed by atoms with E-state index in [4.69, 9.17) is 0 Å². The van der Waals surface area contributed by atoms with Crippen molar-refractivity contribution in [1.29, 1.82) is 0 Å². The van der Waals surface area contributed by atoms with Gasteiger partial charge in [-0.1, -0.05) is 71.4 Å². The summed E-state index contributed by atoms with van der Waals surface area (Å²) < 4.78 is 0.746. The van der Waals surface area contributed by atoms with Gasteiger partial charge >= 0.3 is 0 Å². The molecule has 0 unspecified atom stereocenters. The third-order valence-corrected chi connectivity index (χ3v) is 9.65. The summed E-state index contributed by atoms with van der Waals surface area (Å²) in [6.45, 7) is 3.08. The lowest BCUT2D eigenvalue weighted by atomic mass is 9.83. The molecule has 2 N–H and O–H groups in total. The van der Waals surface area contributed by atoms with Crippen LogP contribution in [0.25, 0.3) is 0 Å². The lowest BCUT2D eigenvalue weighted by Crippen LogP contribution is -2.46. The van der Waals surface area contributed by atoms with Gasteiger partial charge in [-0.3, -0.25) is 14.4 Å². The molecule has 3 aliphatic rings. The van der Waals surface area contributed by atoms with Gasteiger partial charge in [0, 0.05) is 47.6 Å². The number of carbonyl (C=O) groups excluding carboxylic acids is 3. The molecule has 1 saturated heterocycles. The minimum Gasteiger partial charge on any atom is -0.394 e. The number of halogens is 1. The Labute approximate surface area is 265 Å². The van der Waals surface area contributed by atoms with Crippen molar-refractivity contribution in [3.8, 4) is 0 Å². The Balaban J connectivity index is 1.18. The van der Waals surface area contributed by atoms with Gasteiger partial charge in [0.2, 0.25) is 11.8 Å². The first-order chi connectivity index (χ1) is 21.2. The summed E-state index contributed by atoms with van der Waals surface area (Å²) in [7, 11) is 0. The zero-order valence-electron chi connectivity index (χ0n) is 24.7. The van der Waals surface area contributed by atoms with Gasteiger partial charge in [-0.25, -0.2) is 0 Å². The Morgan fingerprint density at radius 1 is 1.09 bits per heavy atom. The lowest BCUT2D eigenvalue weighted by molar-refractivity contribution is -0.139. The molecular weight excluding hydrogens is 622 g/mol. The smallest absolute Gasteiger partial charge is 0.264 e. The number of anilines is 2. The number of rotatable bonds is 8. The summed E-state index contributed by atoms with van der Waals surface area (Å²) in [4.78, 5) is 44.5. The van der Waals surface area contributed by atoms with E-state index in [9.17, 15) is 24.6 Å². The minimum absolute atomic E-state index is 0.0915. The van der Waals surface area contributed by atoms with Crippen LogP contribution >= 0.6 is 15.9 Å². The van der Waals surface area contributed by atoms with Crippen LogP contribution in [0.15, 0.2) is 83.4 Å². The quantitative estimate of drug-likeness (QED) is 0.338. The predicted octanol–water partition coefficient (Wildman–Crippen LogP) is 4.84. The predicted molar refractivity (Wildman–Crippen MR) is 172 cm³/mol. The van der Waals surface area contributed by atoms with Crippen molar-refractivity contribution in [2.45, 2.75) is 57.3 Å². The van der Waals surface area contributed by atoms with Crippen LogP contribution in [-0.2, 0) is 39.5 Å². The molecule has 8 nitrogen and oxygen atoms in total. The fourth-order valence-corrected chi connectivity index (χ4v) is 6.99. The van der Waals surface area contributed by atoms with Crippen molar-refractivity contribution in [2.24, 2.45) is 5.92 Å². The molecule has 9 heteroatoms. The topological polar surface area (TPSA) is 101 Å². The summed E-state index contributed by atoms with van der Waals surface area (Å²) in [6, 6.07) is 20.8. The zero-order chi connectivity index (χ0) is 31.0. The highest BCUT2D eigenvalue weighted by Crippen LogP contribution is 2.47. The molecule has 6 rings (SSSR count). The van der Waals surface area contributed by atoms with Gasteiger partial charge in [0.25, 0.3) is 5.91 Å². The molecule has 3 aromatic carbocycles. The van der Waals surface area contributed by atoms with Crippen molar-refractivity contribution in [3.63, 3.8) is 0 Å². The molecule has 3 aromatic rings. The number of hydrogen-bond donors (Lipinski definition) is 2. The summed E-state index contributed by atoms with van der Waals surface area (Å²) >= 11 is 3.50. The summed E-state index contributed by atoms with van der Waals surface area (Å²) in [5.74, 6) is -1.05. The summed E-state index contributed by atoms with van der Waals surface area (Å²) in [5, 5.41) is 22.0. The van der Waals surface area contributed by atoms with Crippen LogP contribution in [-0.4, -0.2) is 52.0 Å². The van der Waals surface area contributed by atoms with E-state index in [1.807, 2.05) is 60.7 Å². The van der Waals surface area contributed by atoms with E-state index in [-0.39, 0.29) is 37.4 Å². The average Bonchev–Trinajstić information content (AvgIpc) is 3.55. The number of benzene rings is 3. The maximum absolute atomic E-state index is 14.0. The van der Waals surface area contributed by atoms with Gasteiger partial charge in [0.1, 0.15) is 0 Å². The van der Waals surface area contributed by atoms with Crippen molar-refractivity contribution < 1.29 is 24.6 Å². The summed E-state index contributed by atoms with van der Waals surface area (Å²) in [6.07, 6.45) is 5.56. The van der Waals surface area contributed by atoms with Gasteiger partial charge in [-0.2, -0.15) is 0 Å². The van der Waals surface area contributed by atoms with E-state index in [2.05, 4.69) is 15.9 Å². The second-order valence-electron chi connectivity index (χ2n) is 11.9. The third kappa shape index (κ3) is 5.49. The van der Waals surface area contributed by atoms with Crippen LogP contribution in [0.2, 0.25) is 0 Å². The van der Waals surface area contributed by atoms with Crippen molar-refractivity contribution >= 4 is 45.0 Å². The van der Waals surface area contributed by atoms with E-state index in [1.165, 1.54) is 0 Å². The Hall–Kier alpha value is -3.79. The maximum atomic E-state index is 14.0. The van der Waals surface area contributed by atoms with Crippen molar-refractivity contribution in [3.05, 3.63) is 106 Å². The highest BCUT2D eigenvalue weighted by atomic mass is 79.9. The number of fused-ring (bicyclic) bond motifs is 2. The van der Waals surface area contributed by atoms with Crippen LogP contribution < -0.4 is 9.80 Å². The van der Waals surface area contributed by atoms with Crippen LogP contribution in [0.5, 0.6) is 0 Å². The number of aliphatic hydroxyl groups is 2. The lowest BCUT2D eigenvalue weighted by Gasteiger charge is -2.36. The van der Waals surface area contributed by atoms with Crippen LogP contribution in [0.4, 0.5) is 11.4 Å². The van der Waals surface area contributed by atoms with Gasteiger partial charge in [0.05, 0.1) is 24.9 Å². The van der Waals surface area contributed by atoms with E-state index in [0.717, 1.165) is 33.3 Å². The highest BCUT2D eigenvalue weighted by Gasteiger charge is 2.52. The fourth-order valence-electron chi connectivity index (χ4n) is 6.63. The number of hydrogen-bond acceptors (Lipinski definition) is 5. The van der Waals surface area contributed by atoms with Gasteiger partial charge in [0.15, 0.2) is 5.60 Å². The molecule has 0 bridgehead atoms.